The van der Waals surface area contributed by atoms with Crippen LogP contribution in [0.5, 0.6) is 0 Å². The molecule has 4 rings (SSSR count). The smallest absolute Gasteiger partial charge is 0.293 e. The Bertz CT molecular complexity index is 549. The largest absolute Gasteiger partial charge is 0.463 e. The number of aliphatic hydroxyl groups is 2. The lowest BCUT2D eigenvalue weighted by atomic mass is 9.50. The van der Waals surface area contributed by atoms with E-state index in [1.54, 1.807) is 0 Å². The summed E-state index contributed by atoms with van der Waals surface area (Å²) in [5, 5.41) is 21.0. The predicted molar refractivity (Wildman–Crippen MR) is 93.5 cm³/mol. The summed E-state index contributed by atoms with van der Waals surface area (Å²) < 4.78 is 5.39. The van der Waals surface area contributed by atoms with Crippen LogP contribution >= 0.6 is 15.9 Å². The van der Waals surface area contributed by atoms with E-state index in [2.05, 4.69) is 22.9 Å². The molecule has 0 aromatic rings. The van der Waals surface area contributed by atoms with E-state index in [-0.39, 0.29) is 28.4 Å². The van der Waals surface area contributed by atoms with Crippen LogP contribution in [0.15, 0.2) is 11.6 Å². The third-order valence-electron chi connectivity index (χ3n) is 7.58. The number of fused-ring (bicyclic) bond motifs is 5. The van der Waals surface area contributed by atoms with Crippen LogP contribution < -0.4 is 0 Å². The topological polar surface area (TPSA) is 66.8 Å². The first-order valence-electron chi connectivity index (χ1n) is 9.26. The molecule has 3 saturated carbocycles. The van der Waals surface area contributed by atoms with Gasteiger partial charge in [0.1, 0.15) is 6.10 Å². The molecular weight excluding hydrogens is 372 g/mol. The molecule has 2 N–H and O–H groups in total. The number of hydrogen-bond donors (Lipinski definition) is 2. The Morgan fingerprint density at radius 1 is 1.29 bits per heavy atom. The molecule has 24 heavy (non-hydrogen) atoms. The summed E-state index contributed by atoms with van der Waals surface area (Å²) in [6.45, 7) is 2.92. The monoisotopic (exact) mass is 398 g/mol. The fourth-order valence-corrected chi connectivity index (χ4v) is 7.41. The van der Waals surface area contributed by atoms with Gasteiger partial charge in [-0.3, -0.25) is 4.79 Å². The Hall–Kier alpha value is -0.390. The first-order chi connectivity index (χ1) is 11.5. The Balaban J connectivity index is 1.66. The summed E-state index contributed by atoms with van der Waals surface area (Å²) in [5.41, 5.74) is 1.38. The van der Waals surface area contributed by atoms with Crippen LogP contribution in [0.1, 0.15) is 45.4 Å². The zero-order valence-corrected chi connectivity index (χ0v) is 15.7. The summed E-state index contributed by atoms with van der Waals surface area (Å²) in [6.07, 6.45) is 6.97. The molecule has 3 unspecified atom stereocenters. The van der Waals surface area contributed by atoms with E-state index in [0.717, 1.165) is 32.1 Å². The summed E-state index contributed by atoms with van der Waals surface area (Å²) in [6, 6.07) is 0. The standard InChI is InChI=1S/C19H27BrO4/c1-19-5-4-11(22)6-10(19)7-16(23)17-13-8-15(20)18(24-9-21)12(13)2-3-14(17)19/h7,9,11-18,22-23H,2-6,8H2,1H3/t11-,12-,13?,14?,15+,16-,17?,18+,19-/m0/s1. The predicted octanol–water partition coefficient (Wildman–Crippen LogP) is 2.81. The van der Waals surface area contributed by atoms with Crippen molar-refractivity contribution in [2.75, 3.05) is 0 Å². The van der Waals surface area contributed by atoms with Gasteiger partial charge in [-0.25, -0.2) is 0 Å². The highest BCUT2D eigenvalue weighted by atomic mass is 79.9. The van der Waals surface area contributed by atoms with E-state index in [1.807, 2.05) is 6.08 Å². The Labute approximate surface area is 151 Å². The second-order valence-electron chi connectivity index (χ2n) is 8.53. The van der Waals surface area contributed by atoms with Crippen LogP contribution in [0.2, 0.25) is 0 Å². The van der Waals surface area contributed by atoms with Gasteiger partial charge in [0, 0.05) is 5.92 Å². The van der Waals surface area contributed by atoms with Crippen molar-refractivity contribution in [3.05, 3.63) is 11.6 Å². The number of carbonyl (C=O) groups is 1. The summed E-state index contributed by atoms with van der Waals surface area (Å²) in [7, 11) is 0. The van der Waals surface area contributed by atoms with Gasteiger partial charge in [0.05, 0.1) is 17.0 Å². The number of halogens is 1. The normalized spacial score (nSPS) is 53.4. The van der Waals surface area contributed by atoms with Crippen molar-refractivity contribution in [2.24, 2.45) is 29.1 Å². The molecule has 0 bridgehead atoms. The van der Waals surface area contributed by atoms with Gasteiger partial charge < -0.3 is 14.9 Å². The average molecular weight is 399 g/mol. The maximum atomic E-state index is 10.9. The molecule has 4 aliphatic rings. The van der Waals surface area contributed by atoms with Gasteiger partial charge in [0.2, 0.25) is 0 Å². The molecule has 4 aliphatic carbocycles. The van der Waals surface area contributed by atoms with Crippen LogP contribution in [0.3, 0.4) is 0 Å². The highest BCUT2D eigenvalue weighted by molar-refractivity contribution is 9.09. The minimum Gasteiger partial charge on any atom is -0.463 e. The fraction of sp³-hybridized carbons (Fsp3) is 0.842. The molecule has 0 saturated heterocycles. The maximum Gasteiger partial charge on any atom is 0.293 e. The molecular formula is C19H27BrO4. The van der Waals surface area contributed by atoms with Gasteiger partial charge in [-0.05, 0) is 61.7 Å². The lowest BCUT2D eigenvalue weighted by molar-refractivity contribution is -0.137. The van der Waals surface area contributed by atoms with E-state index < -0.39 is 6.10 Å². The number of rotatable bonds is 2. The molecule has 4 nitrogen and oxygen atoms in total. The molecule has 0 aromatic heterocycles. The molecule has 0 aliphatic heterocycles. The SMILES string of the molecule is C[C@]12CC[C@H](O)CC1=C[C@H](O)C1C3C[C@@H](Br)[C@H](OC=O)[C@H]3CCC12. The van der Waals surface area contributed by atoms with Crippen LogP contribution in [-0.4, -0.2) is 39.8 Å². The maximum absolute atomic E-state index is 10.9. The molecule has 9 atom stereocenters. The van der Waals surface area contributed by atoms with Crippen molar-refractivity contribution in [3.63, 3.8) is 0 Å². The van der Waals surface area contributed by atoms with Crippen LogP contribution in [0, 0.1) is 29.1 Å². The Morgan fingerprint density at radius 2 is 2.08 bits per heavy atom. The molecule has 5 heteroatoms. The van der Waals surface area contributed by atoms with E-state index >= 15 is 0 Å². The van der Waals surface area contributed by atoms with Gasteiger partial charge in [0.25, 0.3) is 6.47 Å². The number of carbonyl (C=O) groups excluding carboxylic acids is 1. The highest BCUT2D eigenvalue weighted by Crippen LogP contribution is 2.62. The van der Waals surface area contributed by atoms with Gasteiger partial charge >= 0.3 is 0 Å². The van der Waals surface area contributed by atoms with Crippen LogP contribution in [-0.2, 0) is 9.53 Å². The second-order valence-corrected chi connectivity index (χ2v) is 9.71. The van der Waals surface area contributed by atoms with Crippen LogP contribution in [0.4, 0.5) is 0 Å². The molecule has 134 valence electrons. The second kappa shape index (κ2) is 6.10. The van der Waals surface area contributed by atoms with E-state index in [4.69, 9.17) is 4.74 Å². The van der Waals surface area contributed by atoms with Crippen molar-refractivity contribution >= 4 is 22.4 Å². The third kappa shape index (κ3) is 2.42. The van der Waals surface area contributed by atoms with E-state index in [1.165, 1.54) is 5.57 Å². The minimum absolute atomic E-state index is 0.0630. The number of hydrogen-bond acceptors (Lipinski definition) is 4. The van der Waals surface area contributed by atoms with Gasteiger partial charge in [-0.1, -0.05) is 34.5 Å². The average Bonchev–Trinajstić information content (AvgIpc) is 2.86. The highest BCUT2D eigenvalue weighted by Gasteiger charge is 2.58. The van der Waals surface area contributed by atoms with Gasteiger partial charge in [0.15, 0.2) is 0 Å². The van der Waals surface area contributed by atoms with Gasteiger partial charge in [-0.2, -0.15) is 0 Å². The number of alkyl halides is 1. The molecule has 3 fully saturated rings. The number of aliphatic hydroxyl groups excluding tert-OH is 2. The zero-order chi connectivity index (χ0) is 17.1. The van der Waals surface area contributed by atoms with E-state index in [0.29, 0.717) is 30.6 Å². The van der Waals surface area contributed by atoms with Crippen molar-refractivity contribution in [3.8, 4) is 0 Å². The molecule has 0 heterocycles. The van der Waals surface area contributed by atoms with Crippen LogP contribution in [0.25, 0.3) is 0 Å². The lowest BCUT2D eigenvalue weighted by Crippen LogP contribution is -2.52. The fourth-order valence-electron chi connectivity index (χ4n) is 6.46. The first kappa shape index (κ1) is 17.0. The van der Waals surface area contributed by atoms with Gasteiger partial charge in [-0.15, -0.1) is 0 Å². The van der Waals surface area contributed by atoms with E-state index in [9.17, 15) is 15.0 Å². The molecule has 0 spiro atoms. The zero-order valence-electron chi connectivity index (χ0n) is 14.1. The van der Waals surface area contributed by atoms with Crippen molar-refractivity contribution in [1.82, 2.24) is 0 Å². The van der Waals surface area contributed by atoms with Crippen molar-refractivity contribution < 1.29 is 19.7 Å². The summed E-state index contributed by atoms with van der Waals surface area (Å²) >= 11 is 3.71. The summed E-state index contributed by atoms with van der Waals surface area (Å²) in [4.78, 5) is 11.1. The minimum atomic E-state index is -0.439. The molecule has 0 aromatic carbocycles. The molecule has 0 radical (unpaired) electrons. The number of ether oxygens (including phenoxy) is 1. The van der Waals surface area contributed by atoms with Crippen molar-refractivity contribution in [1.29, 1.82) is 0 Å². The molecule has 0 amide bonds. The Kier molecular flexibility index (Phi) is 4.33. The first-order valence-corrected chi connectivity index (χ1v) is 10.2. The summed E-state index contributed by atoms with van der Waals surface area (Å²) in [5.74, 6) is 1.46. The third-order valence-corrected chi connectivity index (χ3v) is 8.47. The lowest BCUT2D eigenvalue weighted by Gasteiger charge is -2.56. The quantitative estimate of drug-likeness (QED) is 0.426. The van der Waals surface area contributed by atoms with Crippen molar-refractivity contribution in [2.45, 2.75) is 68.6 Å². The Morgan fingerprint density at radius 3 is 2.83 bits per heavy atom.